The minimum atomic E-state index is -0.831. The van der Waals surface area contributed by atoms with Crippen LogP contribution in [0, 0.1) is 17.8 Å². The first-order chi connectivity index (χ1) is 15.5. The Kier molecular flexibility index (Phi) is 6.23. The summed E-state index contributed by atoms with van der Waals surface area (Å²) in [5.74, 6) is -1.45. The van der Waals surface area contributed by atoms with Gasteiger partial charge in [-0.15, -0.1) is 11.8 Å². The number of likely N-dealkylation sites (tertiary alicyclic amines) is 1. The molecule has 8 heteroatoms. The summed E-state index contributed by atoms with van der Waals surface area (Å²) >= 11 is 1.59. The monoisotopic (exact) mass is 475 g/mol. The van der Waals surface area contributed by atoms with Gasteiger partial charge in [-0.2, -0.15) is 0 Å². The molecule has 2 saturated heterocycles. The van der Waals surface area contributed by atoms with Crippen LogP contribution in [0.2, 0.25) is 0 Å². The second kappa shape index (κ2) is 8.45. The number of likely N-dealkylation sites (N-methyl/N-ethyl adjacent to an activating group) is 1. The number of nitrogens with zero attached hydrogens (tertiary/aromatic N) is 3. The van der Waals surface area contributed by atoms with Gasteiger partial charge in [0.1, 0.15) is 6.04 Å². The van der Waals surface area contributed by atoms with Crippen LogP contribution in [-0.4, -0.2) is 91.9 Å². The summed E-state index contributed by atoms with van der Waals surface area (Å²) in [7, 11) is 1.77. The first-order valence-electron chi connectivity index (χ1n) is 12.0. The van der Waals surface area contributed by atoms with Gasteiger partial charge in [0, 0.05) is 30.9 Å². The molecule has 2 fully saturated rings. The smallest absolute Gasteiger partial charge is 0.247 e. The highest BCUT2D eigenvalue weighted by Gasteiger charge is 2.72. The summed E-state index contributed by atoms with van der Waals surface area (Å²) in [6, 6.07) is -1.22. The number of rotatable bonds is 4. The van der Waals surface area contributed by atoms with E-state index in [1.165, 1.54) is 0 Å². The molecular formula is C25H37N3O4S. The molecule has 1 N–H and O–H groups in total. The van der Waals surface area contributed by atoms with Crippen molar-refractivity contribution in [2.75, 3.05) is 26.7 Å². The van der Waals surface area contributed by atoms with E-state index < -0.39 is 34.2 Å². The van der Waals surface area contributed by atoms with Crippen molar-refractivity contribution < 1.29 is 19.5 Å². The third kappa shape index (κ3) is 3.55. The number of hydrogen-bond acceptors (Lipinski definition) is 5. The van der Waals surface area contributed by atoms with Crippen molar-refractivity contribution in [1.29, 1.82) is 0 Å². The lowest BCUT2D eigenvalue weighted by Gasteiger charge is -2.43. The highest BCUT2D eigenvalue weighted by molar-refractivity contribution is 8.02. The Morgan fingerprint density at radius 1 is 1.15 bits per heavy atom. The van der Waals surface area contributed by atoms with Crippen LogP contribution >= 0.6 is 11.8 Å². The minimum absolute atomic E-state index is 0.0196. The molecule has 7 nitrogen and oxygen atoms in total. The second-order valence-corrected chi connectivity index (χ2v) is 12.4. The van der Waals surface area contributed by atoms with Gasteiger partial charge in [-0.1, -0.05) is 44.6 Å². The largest absolute Gasteiger partial charge is 0.394 e. The van der Waals surface area contributed by atoms with Gasteiger partial charge in [-0.25, -0.2) is 0 Å². The average molecular weight is 476 g/mol. The topological polar surface area (TPSA) is 81.2 Å². The molecule has 182 valence electrons. The Morgan fingerprint density at radius 3 is 2.45 bits per heavy atom. The van der Waals surface area contributed by atoms with E-state index in [0.29, 0.717) is 13.1 Å². The van der Waals surface area contributed by atoms with Crippen molar-refractivity contribution in [3.05, 3.63) is 24.3 Å². The van der Waals surface area contributed by atoms with Crippen LogP contribution in [0.15, 0.2) is 24.3 Å². The molecule has 7 atom stereocenters. The van der Waals surface area contributed by atoms with Crippen molar-refractivity contribution >= 4 is 29.5 Å². The van der Waals surface area contributed by atoms with Gasteiger partial charge < -0.3 is 19.8 Å². The molecule has 0 saturated carbocycles. The number of carbonyl (C=O) groups is 3. The quantitative estimate of drug-likeness (QED) is 0.629. The number of aliphatic hydroxyl groups is 1. The van der Waals surface area contributed by atoms with E-state index in [1.54, 1.807) is 28.6 Å². The molecule has 4 rings (SSSR count). The number of hydrogen-bond donors (Lipinski definition) is 1. The summed E-state index contributed by atoms with van der Waals surface area (Å²) in [5, 5.41) is 10.2. The number of fused-ring (bicyclic) bond motifs is 2. The maximum atomic E-state index is 14.2. The average Bonchev–Trinajstić information content (AvgIpc) is 3.07. The summed E-state index contributed by atoms with van der Waals surface area (Å²) in [5.41, 5.74) is -0.422. The molecule has 0 aromatic rings. The number of carbonyl (C=O) groups excluding carboxylic acids is 3. The molecule has 1 spiro atoms. The molecule has 0 bridgehead atoms. The van der Waals surface area contributed by atoms with Gasteiger partial charge in [0.15, 0.2) is 0 Å². The van der Waals surface area contributed by atoms with Crippen LogP contribution in [0.3, 0.4) is 0 Å². The van der Waals surface area contributed by atoms with Gasteiger partial charge >= 0.3 is 0 Å². The lowest BCUT2D eigenvalue weighted by molar-refractivity contribution is -0.149. The maximum absolute atomic E-state index is 14.2. The maximum Gasteiger partial charge on any atom is 0.247 e. The lowest BCUT2D eigenvalue weighted by Crippen LogP contribution is -2.60. The van der Waals surface area contributed by atoms with E-state index in [2.05, 4.69) is 0 Å². The minimum Gasteiger partial charge on any atom is -0.394 e. The molecule has 0 radical (unpaired) electrons. The van der Waals surface area contributed by atoms with E-state index in [1.807, 2.05) is 63.8 Å². The Bertz CT molecular complexity index is 897. The van der Waals surface area contributed by atoms with Crippen molar-refractivity contribution in [1.82, 2.24) is 14.7 Å². The van der Waals surface area contributed by atoms with Crippen LogP contribution in [0.25, 0.3) is 0 Å². The molecule has 0 aliphatic carbocycles. The molecule has 33 heavy (non-hydrogen) atoms. The normalized spacial score (nSPS) is 35.8. The van der Waals surface area contributed by atoms with Crippen molar-refractivity contribution in [2.24, 2.45) is 17.8 Å². The van der Waals surface area contributed by atoms with E-state index in [-0.39, 0.29) is 35.5 Å². The standard InChI is InChI=1S/C25H37N3O4S/c1-7-15(2)16(14-29)28-20-23(32)27(24(3,4)5)13-9-11-25(20)19(22(28)31)18-17(33-25)10-8-12-26(6)21(18)30/h8-11,15-20,29H,7,12-14H2,1-6H3/t15-,16-,17+,18-,19-,20?,25-/m0/s1. The Hall–Kier alpha value is -1.80. The van der Waals surface area contributed by atoms with Gasteiger partial charge in [0.25, 0.3) is 0 Å². The Labute approximate surface area is 201 Å². The number of aliphatic hydroxyl groups excluding tert-OH is 1. The fraction of sp³-hybridized carbons (Fsp3) is 0.720. The van der Waals surface area contributed by atoms with E-state index in [4.69, 9.17) is 0 Å². The van der Waals surface area contributed by atoms with Gasteiger partial charge in [-0.3, -0.25) is 14.4 Å². The number of amides is 3. The highest BCUT2D eigenvalue weighted by atomic mass is 32.2. The van der Waals surface area contributed by atoms with Crippen LogP contribution in [0.5, 0.6) is 0 Å². The molecule has 4 aliphatic rings. The van der Waals surface area contributed by atoms with Gasteiger partial charge in [0.05, 0.1) is 29.2 Å². The SMILES string of the molecule is CC[C@H](C)[C@H](CO)N1C(=O)[C@@H]2[C@H]3C(=O)N(C)CC=C[C@H]3S[C@@]23C=CCN(C(C)(C)C)C(=O)C13. The first kappa shape index (κ1) is 24.3. The zero-order valence-corrected chi connectivity index (χ0v) is 21.3. The van der Waals surface area contributed by atoms with Crippen LogP contribution < -0.4 is 0 Å². The number of thioether (sulfide) groups is 1. The summed E-state index contributed by atoms with van der Waals surface area (Å²) in [6.07, 6.45) is 8.84. The Morgan fingerprint density at radius 2 is 1.85 bits per heavy atom. The van der Waals surface area contributed by atoms with Crippen molar-refractivity contribution in [3.63, 3.8) is 0 Å². The van der Waals surface area contributed by atoms with E-state index in [9.17, 15) is 19.5 Å². The molecule has 4 aliphatic heterocycles. The third-order valence-electron chi connectivity index (χ3n) is 7.95. The first-order valence-corrected chi connectivity index (χ1v) is 12.9. The zero-order chi connectivity index (χ0) is 24.3. The van der Waals surface area contributed by atoms with Crippen molar-refractivity contribution in [2.45, 2.75) is 68.7 Å². The fourth-order valence-corrected chi connectivity index (χ4v) is 7.97. The van der Waals surface area contributed by atoms with Crippen LogP contribution in [0.1, 0.15) is 41.0 Å². The van der Waals surface area contributed by atoms with Crippen LogP contribution in [0.4, 0.5) is 0 Å². The predicted octanol–water partition coefficient (Wildman–Crippen LogP) is 1.92. The van der Waals surface area contributed by atoms with Gasteiger partial charge in [-0.05, 0) is 26.7 Å². The highest BCUT2D eigenvalue weighted by Crippen LogP contribution is 2.61. The van der Waals surface area contributed by atoms with E-state index in [0.717, 1.165) is 6.42 Å². The second-order valence-electron chi connectivity index (χ2n) is 10.9. The summed E-state index contributed by atoms with van der Waals surface area (Å²) in [6.45, 7) is 10.8. The molecule has 0 aromatic carbocycles. The predicted molar refractivity (Wildman–Crippen MR) is 129 cm³/mol. The van der Waals surface area contributed by atoms with Crippen LogP contribution in [-0.2, 0) is 14.4 Å². The molecule has 3 amide bonds. The molecule has 4 heterocycles. The zero-order valence-electron chi connectivity index (χ0n) is 20.5. The lowest BCUT2D eigenvalue weighted by atomic mass is 9.78. The summed E-state index contributed by atoms with van der Waals surface area (Å²) in [4.78, 5) is 47.0. The fourth-order valence-electron chi connectivity index (χ4n) is 5.98. The third-order valence-corrected chi connectivity index (χ3v) is 9.70. The summed E-state index contributed by atoms with van der Waals surface area (Å²) < 4.78 is -0.831. The molecule has 1 unspecified atom stereocenters. The Balaban J connectivity index is 1.90. The molecule has 0 aromatic heterocycles. The molecular weight excluding hydrogens is 438 g/mol. The van der Waals surface area contributed by atoms with E-state index >= 15 is 0 Å². The van der Waals surface area contributed by atoms with Crippen molar-refractivity contribution in [3.8, 4) is 0 Å². The van der Waals surface area contributed by atoms with Gasteiger partial charge in [0.2, 0.25) is 17.7 Å².